The van der Waals surface area contributed by atoms with E-state index in [4.69, 9.17) is 9.47 Å². The van der Waals surface area contributed by atoms with E-state index < -0.39 is 0 Å². The molecule has 0 amide bonds. The molecule has 1 saturated carbocycles. The van der Waals surface area contributed by atoms with Crippen LogP contribution in [0.4, 0.5) is 0 Å². The average molecular weight is 377 g/mol. The van der Waals surface area contributed by atoms with Crippen LogP contribution in [0.25, 0.3) is 0 Å². The number of guanidine groups is 1. The summed E-state index contributed by atoms with van der Waals surface area (Å²) in [5.41, 5.74) is 2.30. The van der Waals surface area contributed by atoms with Gasteiger partial charge in [0.1, 0.15) is 12.4 Å². The molecule has 1 aliphatic carbocycles. The average Bonchev–Trinajstić information content (AvgIpc) is 3.47. The Balaban J connectivity index is 1.87. The van der Waals surface area contributed by atoms with Gasteiger partial charge in [0, 0.05) is 38.3 Å². The number of aryl methyl sites for hydroxylation is 1. The fraction of sp³-hybridized carbons (Fsp3) is 0.667. The standard InChI is InChI=1S/C21H36N4O2/c1-6-26-11-12-27-20-13-16(2)7-8-18(20)14-23-21(22-3)24-15-19(25(4)5)17-9-10-17/h7-8,13,17,19H,6,9-12,14-15H2,1-5H3,(H2,22,23,24). The third-order valence-electron chi connectivity index (χ3n) is 4.89. The van der Waals surface area contributed by atoms with Gasteiger partial charge in [-0.1, -0.05) is 12.1 Å². The topological polar surface area (TPSA) is 58.1 Å². The Labute approximate surface area is 164 Å². The van der Waals surface area contributed by atoms with Gasteiger partial charge in [0.25, 0.3) is 0 Å². The van der Waals surface area contributed by atoms with Gasteiger partial charge in [-0.05, 0) is 58.3 Å². The number of nitrogens with one attached hydrogen (secondary N) is 2. The Hall–Kier alpha value is -1.79. The lowest BCUT2D eigenvalue weighted by atomic mass is 10.1. The third kappa shape index (κ3) is 7.39. The molecule has 1 atom stereocenters. The quantitative estimate of drug-likeness (QED) is 0.353. The van der Waals surface area contributed by atoms with Crippen molar-refractivity contribution in [3.8, 4) is 5.75 Å². The minimum atomic E-state index is 0.556. The van der Waals surface area contributed by atoms with Gasteiger partial charge in [-0.15, -0.1) is 0 Å². The fourth-order valence-electron chi connectivity index (χ4n) is 3.15. The van der Waals surface area contributed by atoms with E-state index in [1.54, 1.807) is 0 Å². The Bertz CT molecular complexity index is 598. The van der Waals surface area contributed by atoms with Gasteiger partial charge in [0.2, 0.25) is 0 Å². The molecule has 0 saturated heterocycles. The first-order valence-electron chi connectivity index (χ1n) is 9.96. The van der Waals surface area contributed by atoms with Gasteiger partial charge in [0.05, 0.1) is 6.61 Å². The number of aliphatic imine (C=N–C) groups is 1. The van der Waals surface area contributed by atoms with E-state index in [2.05, 4.69) is 59.7 Å². The maximum atomic E-state index is 5.92. The molecule has 6 nitrogen and oxygen atoms in total. The highest BCUT2D eigenvalue weighted by Crippen LogP contribution is 2.34. The molecule has 1 aromatic carbocycles. The van der Waals surface area contributed by atoms with Crippen LogP contribution < -0.4 is 15.4 Å². The number of nitrogens with zero attached hydrogens (tertiary/aromatic N) is 2. The van der Waals surface area contributed by atoms with Crippen LogP contribution in [0, 0.1) is 12.8 Å². The van der Waals surface area contributed by atoms with Crippen molar-refractivity contribution >= 4 is 5.96 Å². The van der Waals surface area contributed by atoms with E-state index in [0.717, 1.165) is 29.7 Å². The molecule has 1 aromatic rings. The van der Waals surface area contributed by atoms with Gasteiger partial charge in [-0.25, -0.2) is 0 Å². The van der Waals surface area contributed by atoms with Crippen LogP contribution in [-0.2, 0) is 11.3 Å². The first kappa shape index (κ1) is 21.5. The predicted octanol–water partition coefficient (Wildman–Crippen LogP) is 2.42. The monoisotopic (exact) mass is 376 g/mol. The van der Waals surface area contributed by atoms with Crippen LogP contribution in [0.15, 0.2) is 23.2 Å². The molecular formula is C21H36N4O2. The molecule has 152 valence electrons. The van der Waals surface area contributed by atoms with E-state index in [1.807, 2.05) is 14.0 Å². The zero-order valence-electron chi connectivity index (χ0n) is 17.5. The summed E-state index contributed by atoms with van der Waals surface area (Å²) in [5, 5.41) is 6.88. The minimum Gasteiger partial charge on any atom is -0.491 e. The molecule has 0 radical (unpaired) electrons. The molecule has 27 heavy (non-hydrogen) atoms. The fourth-order valence-corrected chi connectivity index (χ4v) is 3.15. The van der Waals surface area contributed by atoms with E-state index in [-0.39, 0.29) is 0 Å². The molecule has 0 heterocycles. The minimum absolute atomic E-state index is 0.556. The summed E-state index contributed by atoms with van der Waals surface area (Å²) in [5.74, 6) is 2.54. The number of rotatable bonds is 11. The van der Waals surface area contributed by atoms with Crippen molar-refractivity contribution in [2.75, 3.05) is 47.5 Å². The van der Waals surface area contributed by atoms with E-state index >= 15 is 0 Å². The van der Waals surface area contributed by atoms with Gasteiger partial charge in [-0.2, -0.15) is 0 Å². The first-order chi connectivity index (χ1) is 13.0. The second-order valence-corrected chi connectivity index (χ2v) is 7.33. The summed E-state index contributed by atoms with van der Waals surface area (Å²) < 4.78 is 11.3. The number of benzene rings is 1. The molecule has 0 aliphatic heterocycles. The summed E-state index contributed by atoms with van der Waals surface area (Å²) in [6.45, 7) is 7.51. The van der Waals surface area contributed by atoms with Gasteiger partial charge < -0.3 is 25.0 Å². The van der Waals surface area contributed by atoms with Crippen molar-refractivity contribution in [3.05, 3.63) is 29.3 Å². The van der Waals surface area contributed by atoms with Crippen molar-refractivity contribution in [1.29, 1.82) is 0 Å². The molecule has 0 bridgehead atoms. The molecule has 0 spiro atoms. The number of hydrogen-bond donors (Lipinski definition) is 2. The lowest BCUT2D eigenvalue weighted by Crippen LogP contribution is -2.45. The van der Waals surface area contributed by atoms with E-state index in [1.165, 1.54) is 18.4 Å². The second-order valence-electron chi connectivity index (χ2n) is 7.33. The SMILES string of the molecule is CCOCCOc1cc(C)ccc1CNC(=NC)NCC(C1CC1)N(C)C. The van der Waals surface area contributed by atoms with Crippen molar-refractivity contribution in [2.24, 2.45) is 10.9 Å². The van der Waals surface area contributed by atoms with E-state index in [0.29, 0.717) is 32.4 Å². The maximum Gasteiger partial charge on any atom is 0.191 e. The van der Waals surface area contributed by atoms with Crippen molar-refractivity contribution < 1.29 is 9.47 Å². The highest BCUT2D eigenvalue weighted by molar-refractivity contribution is 5.79. The Morgan fingerprint density at radius 3 is 2.67 bits per heavy atom. The maximum absolute atomic E-state index is 5.92. The molecular weight excluding hydrogens is 340 g/mol. The third-order valence-corrected chi connectivity index (χ3v) is 4.89. The van der Waals surface area contributed by atoms with Crippen molar-refractivity contribution in [1.82, 2.24) is 15.5 Å². The molecule has 2 rings (SSSR count). The number of hydrogen-bond acceptors (Lipinski definition) is 4. The number of ether oxygens (including phenoxy) is 2. The molecule has 6 heteroatoms. The van der Waals surface area contributed by atoms with E-state index in [9.17, 15) is 0 Å². The van der Waals surface area contributed by atoms with Crippen LogP contribution in [0.3, 0.4) is 0 Å². The molecule has 2 N–H and O–H groups in total. The Kier molecular flexibility index (Phi) is 8.88. The molecule has 1 fully saturated rings. The van der Waals surface area contributed by atoms with Gasteiger partial charge in [-0.3, -0.25) is 4.99 Å². The van der Waals surface area contributed by atoms with Crippen LogP contribution in [0.1, 0.15) is 30.9 Å². The molecule has 1 aliphatic rings. The van der Waals surface area contributed by atoms with Crippen molar-refractivity contribution in [3.63, 3.8) is 0 Å². The van der Waals surface area contributed by atoms with Crippen LogP contribution in [0.2, 0.25) is 0 Å². The smallest absolute Gasteiger partial charge is 0.191 e. The van der Waals surface area contributed by atoms with Crippen LogP contribution in [-0.4, -0.2) is 64.4 Å². The van der Waals surface area contributed by atoms with Crippen LogP contribution >= 0.6 is 0 Å². The second kappa shape index (κ2) is 11.1. The molecule has 1 unspecified atom stereocenters. The van der Waals surface area contributed by atoms with Crippen molar-refractivity contribution in [2.45, 2.75) is 39.3 Å². The summed E-state index contributed by atoms with van der Waals surface area (Å²) in [6, 6.07) is 6.85. The summed E-state index contributed by atoms with van der Waals surface area (Å²) in [4.78, 5) is 6.67. The lowest BCUT2D eigenvalue weighted by Gasteiger charge is -2.25. The normalized spacial score (nSPS) is 15.7. The summed E-state index contributed by atoms with van der Waals surface area (Å²) in [7, 11) is 6.11. The first-order valence-corrected chi connectivity index (χ1v) is 9.96. The zero-order valence-corrected chi connectivity index (χ0v) is 17.5. The highest BCUT2D eigenvalue weighted by Gasteiger charge is 2.32. The van der Waals surface area contributed by atoms with Gasteiger partial charge >= 0.3 is 0 Å². The van der Waals surface area contributed by atoms with Gasteiger partial charge in [0.15, 0.2) is 5.96 Å². The Morgan fingerprint density at radius 1 is 1.26 bits per heavy atom. The Morgan fingerprint density at radius 2 is 2.04 bits per heavy atom. The highest BCUT2D eigenvalue weighted by atomic mass is 16.5. The van der Waals surface area contributed by atoms with Crippen LogP contribution in [0.5, 0.6) is 5.75 Å². The summed E-state index contributed by atoms with van der Waals surface area (Å²) >= 11 is 0. The number of likely N-dealkylation sites (N-methyl/N-ethyl adjacent to an activating group) is 1. The zero-order chi connectivity index (χ0) is 19.6. The molecule has 0 aromatic heterocycles. The largest absolute Gasteiger partial charge is 0.491 e. The summed E-state index contributed by atoms with van der Waals surface area (Å²) in [6.07, 6.45) is 2.67. The predicted molar refractivity (Wildman–Crippen MR) is 112 cm³/mol. The lowest BCUT2D eigenvalue weighted by molar-refractivity contribution is 0.110.